The highest BCUT2D eigenvalue weighted by Crippen LogP contribution is 2.34. The van der Waals surface area contributed by atoms with Crippen LogP contribution in [0.2, 0.25) is 0 Å². The number of hydrogen-bond acceptors (Lipinski definition) is 7. The maximum absolute atomic E-state index is 5.42. The molecule has 7 nitrogen and oxygen atoms in total. The van der Waals surface area contributed by atoms with Gasteiger partial charge in [-0.1, -0.05) is 12.1 Å². The zero-order chi connectivity index (χ0) is 19.3. The summed E-state index contributed by atoms with van der Waals surface area (Å²) in [5, 5.41) is 0. The van der Waals surface area contributed by atoms with Crippen molar-refractivity contribution >= 4 is 5.82 Å². The molecular weight excluding hydrogens is 354 g/mol. The Hall–Kier alpha value is -2.22. The van der Waals surface area contributed by atoms with Crippen molar-refractivity contribution in [1.29, 1.82) is 0 Å². The molecule has 0 aliphatic carbocycles. The van der Waals surface area contributed by atoms with Gasteiger partial charge in [0, 0.05) is 44.8 Å². The van der Waals surface area contributed by atoms with Crippen molar-refractivity contribution in [2.24, 2.45) is 5.92 Å². The molecule has 2 unspecified atom stereocenters. The molecule has 2 atom stereocenters. The van der Waals surface area contributed by atoms with Crippen LogP contribution in [-0.4, -0.2) is 49.9 Å². The van der Waals surface area contributed by atoms with Crippen molar-refractivity contribution in [2.45, 2.75) is 31.4 Å². The molecular formula is C21H29N5O2. The molecule has 2 N–H and O–H groups in total. The summed E-state index contributed by atoms with van der Waals surface area (Å²) in [6.07, 6.45) is 3.92. The second-order valence-electron chi connectivity index (χ2n) is 7.56. The standard InChI is InChI=1S/C21H29N5O2/c1-27-13-17-11-20(23-14-22-17)26-8-6-15(7-9-26)21-19(12-24-25-21)16-4-3-5-18(10-16)28-2/h3-5,10-11,14-15,19,21,24-25H,6-9,12-13H2,1-2H3. The first-order valence-corrected chi connectivity index (χ1v) is 9.95. The minimum Gasteiger partial charge on any atom is -0.497 e. The number of anilines is 1. The summed E-state index contributed by atoms with van der Waals surface area (Å²) in [5.74, 6) is 3.01. The highest BCUT2D eigenvalue weighted by atomic mass is 16.5. The Balaban J connectivity index is 1.41. The van der Waals surface area contributed by atoms with Gasteiger partial charge in [0.2, 0.25) is 0 Å². The number of rotatable bonds is 6. The lowest BCUT2D eigenvalue weighted by atomic mass is 9.80. The van der Waals surface area contributed by atoms with Crippen LogP contribution in [-0.2, 0) is 11.3 Å². The minimum absolute atomic E-state index is 0.434. The molecule has 1 aromatic heterocycles. The van der Waals surface area contributed by atoms with Gasteiger partial charge < -0.3 is 14.4 Å². The largest absolute Gasteiger partial charge is 0.497 e. The molecule has 2 aliphatic heterocycles. The van der Waals surface area contributed by atoms with Gasteiger partial charge in [-0.2, -0.15) is 0 Å². The van der Waals surface area contributed by atoms with Gasteiger partial charge in [0.05, 0.1) is 19.4 Å². The number of methoxy groups -OCH3 is 2. The Labute approximate surface area is 166 Å². The van der Waals surface area contributed by atoms with Gasteiger partial charge in [-0.3, -0.25) is 10.9 Å². The number of nitrogens with zero attached hydrogens (tertiary/aromatic N) is 3. The number of hydrazine groups is 1. The molecule has 150 valence electrons. The molecule has 0 spiro atoms. The number of nitrogens with one attached hydrogen (secondary N) is 2. The highest BCUT2D eigenvalue weighted by molar-refractivity contribution is 5.39. The van der Waals surface area contributed by atoms with Crippen molar-refractivity contribution in [3.63, 3.8) is 0 Å². The van der Waals surface area contributed by atoms with E-state index in [9.17, 15) is 0 Å². The van der Waals surface area contributed by atoms with E-state index < -0.39 is 0 Å². The first kappa shape index (κ1) is 19.1. The van der Waals surface area contributed by atoms with Crippen molar-refractivity contribution in [2.75, 3.05) is 38.8 Å². The first-order valence-electron chi connectivity index (χ1n) is 9.95. The summed E-state index contributed by atoms with van der Waals surface area (Å²) in [5.41, 5.74) is 9.19. The normalized spacial score (nSPS) is 23.1. The zero-order valence-electron chi connectivity index (χ0n) is 16.6. The molecule has 28 heavy (non-hydrogen) atoms. The predicted molar refractivity (Wildman–Crippen MR) is 108 cm³/mol. The number of ether oxygens (including phenoxy) is 2. The molecule has 7 heteroatoms. The fraction of sp³-hybridized carbons (Fsp3) is 0.524. The van der Waals surface area contributed by atoms with E-state index in [2.05, 4.69) is 43.9 Å². The van der Waals surface area contributed by atoms with Crippen LogP contribution in [0.4, 0.5) is 5.82 Å². The van der Waals surface area contributed by atoms with E-state index >= 15 is 0 Å². The third-order valence-corrected chi connectivity index (χ3v) is 5.92. The van der Waals surface area contributed by atoms with E-state index in [-0.39, 0.29) is 0 Å². The van der Waals surface area contributed by atoms with Crippen LogP contribution in [0.3, 0.4) is 0 Å². The minimum atomic E-state index is 0.434. The zero-order valence-corrected chi connectivity index (χ0v) is 16.6. The SMILES string of the molecule is COCc1cc(N2CCC(C3NNCC3c3cccc(OC)c3)CC2)ncn1. The van der Waals surface area contributed by atoms with Crippen molar-refractivity contribution in [3.05, 3.63) is 47.9 Å². The van der Waals surface area contributed by atoms with Crippen molar-refractivity contribution in [3.8, 4) is 5.75 Å². The monoisotopic (exact) mass is 383 g/mol. The van der Waals surface area contributed by atoms with E-state index in [4.69, 9.17) is 9.47 Å². The molecule has 0 radical (unpaired) electrons. The highest BCUT2D eigenvalue weighted by Gasteiger charge is 2.36. The van der Waals surface area contributed by atoms with Gasteiger partial charge in [-0.25, -0.2) is 9.97 Å². The second kappa shape index (κ2) is 8.86. The number of aromatic nitrogens is 2. The van der Waals surface area contributed by atoms with Crippen LogP contribution in [0.25, 0.3) is 0 Å². The molecule has 3 heterocycles. The van der Waals surface area contributed by atoms with Gasteiger partial charge in [0.15, 0.2) is 0 Å². The maximum Gasteiger partial charge on any atom is 0.132 e. The summed E-state index contributed by atoms with van der Waals surface area (Å²) >= 11 is 0. The Morgan fingerprint density at radius 3 is 2.79 bits per heavy atom. The van der Waals surface area contributed by atoms with Crippen LogP contribution in [0.5, 0.6) is 5.75 Å². The molecule has 2 aromatic rings. The molecule has 4 rings (SSSR count). The van der Waals surface area contributed by atoms with Gasteiger partial charge in [0.25, 0.3) is 0 Å². The number of benzene rings is 1. The van der Waals surface area contributed by atoms with Crippen LogP contribution in [0.1, 0.15) is 30.0 Å². The van der Waals surface area contributed by atoms with E-state index in [1.807, 2.05) is 12.1 Å². The molecule has 1 aromatic carbocycles. The third kappa shape index (κ3) is 4.11. The van der Waals surface area contributed by atoms with E-state index in [0.29, 0.717) is 24.5 Å². The smallest absolute Gasteiger partial charge is 0.132 e. The molecule has 0 bridgehead atoms. The fourth-order valence-corrected chi connectivity index (χ4v) is 4.43. The van der Waals surface area contributed by atoms with E-state index in [0.717, 1.165) is 49.7 Å². The Morgan fingerprint density at radius 1 is 1.14 bits per heavy atom. The van der Waals surface area contributed by atoms with Crippen LogP contribution in [0, 0.1) is 5.92 Å². The molecule has 0 amide bonds. The average Bonchev–Trinajstić information content (AvgIpc) is 3.24. The van der Waals surface area contributed by atoms with Gasteiger partial charge >= 0.3 is 0 Å². The van der Waals surface area contributed by atoms with Crippen molar-refractivity contribution in [1.82, 2.24) is 20.8 Å². The van der Waals surface area contributed by atoms with Crippen LogP contribution < -0.4 is 20.5 Å². The van der Waals surface area contributed by atoms with E-state index in [1.54, 1.807) is 20.5 Å². The van der Waals surface area contributed by atoms with Gasteiger partial charge in [-0.05, 0) is 36.5 Å². The van der Waals surface area contributed by atoms with Crippen molar-refractivity contribution < 1.29 is 9.47 Å². The number of hydrogen-bond donors (Lipinski definition) is 2. The second-order valence-corrected chi connectivity index (χ2v) is 7.56. The summed E-state index contributed by atoms with van der Waals surface area (Å²) in [6, 6.07) is 10.9. The topological polar surface area (TPSA) is 71.5 Å². The summed E-state index contributed by atoms with van der Waals surface area (Å²) in [4.78, 5) is 11.1. The summed E-state index contributed by atoms with van der Waals surface area (Å²) in [6.45, 7) is 3.49. The van der Waals surface area contributed by atoms with Crippen LogP contribution in [0.15, 0.2) is 36.7 Å². The molecule has 2 aliphatic rings. The Bertz CT molecular complexity index is 779. The quantitative estimate of drug-likeness (QED) is 0.792. The average molecular weight is 383 g/mol. The lowest BCUT2D eigenvalue weighted by Gasteiger charge is -2.37. The van der Waals surface area contributed by atoms with E-state index in [1.165, 1.54) is 5.56 Å². The Kier molecular flexibility index (Phi) is 6.04. The lowest BCUT2D eigenvalue weighted by molar-refractivity contribution is 0.181. The predicted octanol–water partition coefficient (Wildman–Crippen LogP) is 2.11. The Morgan fingerprint density at radius 2 is 2.00 bits per heavy atom. The summed E-state index contributed by atoms with van der Waals surface area (Å²) in [7, 11) is 3.41. The fourth-order valence-electron chi connectivity index (χ4n) is 4.43. The maximum atomic E-state index is 5.42. The van der Waals surface area contributed by atoms with Gasteiger partial charge in [0.1, 0.15) is 17.9 Å². The van der Waals surface area contributed by atoms with Gasteiger partial charge in [-0.15, -0.1) is 0 Å². The van der Waals surface area contributed by atoms with Crippen LogP contribution >= 0.6 is 0 Å². The first-order chi connectivity index (χ1) is 13.8. The lowest BCUT2D eigenvalue weighted by Crippen LogP contribution is -2.44. The molecule has 0 saturated carbocycles. The molecule has 2 saturated heterocycles. The third-order valence-electron chi connectivity index (χ3n) is 5.92. The molecule has 2 fully saturated rings. The number of piperidine rings is 1. The summed E-state index contributed by atoms with van der Waals surface area (Å²) < 4.78 is 10.6.